The molecule has 0 aromatic rings. The van der Waals surface area contributed by atoms with Crippen molar-refractivity contribution in [1.29, 1.82) is 0 Å². The summed E-state index contributed by atoms with van der Waals surface area (Å²) in [5.74, 6) is -0.295. The molecule has 1 rings (SSSR count). The van der Waals surface area contributed by atoms with E-state index in [0.717, 1.165) is 0 Å². The first kappa shape index (κ1) is 12.5. The SMILES string of the molecule is CC(=O)O[C@@H]1C[C@@H](CO)O[C@H]1C(C)(C)C. The molecule has 4 nitrogen and oxygen atoms in total. The van der Waals surface area contributed by atoms with E-state index < -0.39 is 0 Å². The second-order valence-corrected chi connectivity index (χ2v) is 5.11. The Morgan fingerprint density at radius 3 is 2.53 bits per heavy atom. The van der Waals surface area contributed by atoms with Crippen molar-refractivity contribution in [3.63, 3.8) is 0 Å². The molecule has 1 saturated heterocycles. The fourth-order valence-electron chi connectivity index (χ4n) is 1.94. The standard InChI is InChI=1S/C11H20O4/c1-7(13)14-9-5-8(6-12)15-10(9)11(2,3)4/h8-10,12H,5-6H2,1-4H3/t8-,9+,10+/m0/s1. The summed E-state index contributed by atoms with van der Waals surface area (Å²) in [6.45, 7) is 7.48. The van der Waals surface area contributed by atoms with Crippen LogP contribution in [0.4, 0.5) is 0 Å². The van der Waals surface area contributed by atoms with Crippen molar-refractivity contribution in [2.75, 3.05) is 6.61 Å². The summed E-state index contributed by atoms with van der Waals surface area (Å²) >= 11 is 0. The Morgan fingerprint density at radius 1 is 1.53 bits per heavy atom. The second-order valence-electron chi connectivity index (χ2n) is 5.11. The van der Waals surface area contributed by atoms with Gasteiger partial charge in [0.25, 0.3) is 0 Å². The highest BCUT2D eigenvalue weighted by molar-refractivity contribution is 5.66. The molecule has 0 spiro atoms. The molecule has 1 aliphatic rings. The van der Waals surface area contributed by atoms with Crippen molar-refractivity contribution in [2.24, 2.45) is 5.41 Å². The fraction of sp³-hybridized carbons (Fsp3) is 0.909. The van der Waals surface area contributed by atoms with Crippen LogP contribution in [0.3, 0.4) is 0 Å². The minimum Gasteiger partial charge on any atom is -0.460 e. The zero-order chi connectivity index (χ0) is 11.6. The van der Waals surface area contributed by atoms with E-state index in [1.54, 1.807) is 0 Å². The summed E-state index contributed by atoms with van der Waals surface area (Å²) in [6, 6.07) is 0. The van der Waals surface area contributed by atoms with Crippen LogP contribution < -0.4 is 0 Å². The molecule has 0 aliphatic carbocycles. The van der Waals surface area contributed by atoms with Crippen LogP contribution in [0.15, 0.2) is 0 Å². The van der Waals surface area contributed by atoms with E-state index in [4.69, 9.17) is 14.6 Å². The van der Waals surface area contributed by atoms with E-state index >= 15 is 0 Å². The summed E-state index contributed by atoms with van der Waals surface area (Å²) in [5, 5.41) is 9.04. The minimum absolute atomic E-state index is 0.0235. The van der Waals surface area contributed by atoms with Gasteiger partial charge in [0, 0.05) is 13.3 Å². The average molecular weight is 216 g/mol. The lowest BCUT2D eigenvalue weighted by molar-refractivity contribution is -0.152. The lowest BCUT2D eigenvalue weighted by atomic mass is 9.86. The number of aliphatic hydroxyl groups is 1. The van der Waals surface area contributed by atoms with Crippen molar-refractivity contribution in [1.82, 2.24) is 0 Å². The molecule has 0 radical (unpaired) electrons. The number of hydrogen-bond donors (Lipinski definition) is 1. The largest absolute Gasteiger partial charge is 0.460 e. The minimum atomic E-state index is -0.295. The van der Waals surface area contributed by atoms with E-state index in [0.29, 0.717) is 6.42 Å². The van der Waals surface area contributed by atoms with E-state index in [-0.39, 0.29) is 36.3 Å². The first-order valence-corrected chi connectivity index (χ1v) is 5.28. The molecule has 0 bridgehead atoms. The van der Waals surface area contributed by atoms with Gasteiger partial charge in [-0.3, -0.25) is 4.79 Å². The van der Waals surface area contributed by atoms with Crippen LogP contribution in [0.5, 0.6) is 0 Å². The van der Waals surface area contributed by atoms with Gasteiger partial charge in [-0.05, 0) is 5.41 Å². The van der Waals surface area contributed by atoms with Crippen molar-refractivity contribution in [3.05, 3.63) is 0 Å². The van der Waals surface area contributed by atoms with E-state index in [2.05, 4.69) is 0 Å². The van der Waals surface area contributed by atoms with Crippen LogP contribution in [0.2, 0.25) is 0 Å². The van der Waals surface area contributed by atoms with Crippen LogP contribution in [0, 0.1) is 5.41 Å². The Bertz CT molecular complexity index is 231. The Kier molecular flexibility index (Phi) is 3.73. The van der Waals surface area contributed by atoms with Gasteiger partial charge in [0.15, 0.2) is 0 Å². The molecular formula is C11H20O4. The molecule has 0 amide bonds. The molecule has 88 valence electrons. The van der Waals surface area contributed by atoms with Crippen molar-refractivity contribution >= 4 is 5.97 Å². The third-order valence-corrected chi connectivity index (χ3v) is 2.55. The Morgan fingerprint density at radius 2 is 2.13 bits per heavy atom. The number of carbonyl (C=O) groups is 1. The zero-order valence-electron chi connectivity index (χ0n) is 9.82. The molecule has 1 heterocycles. The first-order chi connectivity index (χ1) is 6.84. The maximum absolute atomic E-state index is 10.9. The predicted octanol–water partition coefficient (Wildman–Crippen LogP) is 1.11. The average Bonchev–Trinajstić information content (AvgIpc) is 2.45. The van der Waals surface area contributed by atoms with Crippen molar-refractivity contribution in [2.45, 2.75) is 52.4 Å². The van der Waals surface area contributed by atoms with Gasteiger partial charge in [-0.1, -0.05) is 20.8 Å². The predicted molar refractivity (Wildman–Crippen MR) is 55.4 cm³/mol. The third-order valence-electron chi connectivity index (χ3n) is 2.55. The van der Waals surface area contributed by atoms with Gasteiger partial charge in [0.05, 0.1) is 18.8 Å². The van der Waals surface area contributed by atoms with Gasteiger partial charge in [-0.25, -0.2) is 0 Å². The third kappa shape index (κ3) is 3.18. The van der Waals surface area contributed by atoms with Crippen molar-refractivity contribution < 1.29 is 19.4 Å². The van der Waals surface area contributed by atoms with E-state index in [1.807, 2.05) is 20.8 Å². The summed E-state index contributed by atoms with van der Waals surface area (Å²) in [4.78, 5) is 10.9. The molecular weight excluding hydrogens is 196 g/mol. The van der Waals surface area contributed by atoms with Crippen LogP contribution >= 0.6 is 0 Å². The first-order valence-electron chi connectivity index (χ1n) is 5.28. The number of rotatable bonds is 2. The molecule has 15 heavy (non-hydrogen) atoms. The summed E-state index contributed by atoms with van der Waals surface area (Å²) in [5.41, 5.74) is -0.0932. The highest BCUT2D eigenvalue weighted by Gasteiger charge is 2.43. The normalized spacial score (nSPS) is 31.7. The van der Waals surface area contributed by atoms with E-state index in [1.165, 1.54) is 6.92 Å². The molecule has 0 aromatic carbocycles. The van der Waals surface area contributed by atoms with Gasteiger partial charge >= 0.3 is 5.97 Å². The second kappa shape index (κ2) is 4.49. The highest BCUT2D eigenvalue weighted by atomic mass is 16.6. The number of hydrogen-bond acceptors (Lipinski definition) is 4. The maximum Gasteiger partial charge on any atom is 0.302 e. The van der Waals surface area contributed by atoms with Crippen molar-refractivity contribution in [3.8, 4) is 0 Å². The Hall–Kier alpha value is -0.610. The molecule has 4 heteroatoms. The molecule has 0 saturated carbocycles. The maximum atomic E-state index is 10.9. The number of ether oxygens (including phenoxy) is 2. The fourth-order valence-corrected chi connectivity index (χ4v) is 1.94. The summed E-state index contributed by atoms with van der Waals surface area (Å²) < 4.78 is 10.9. The van der Waals surface area contributed by atoms with Crippen LogP contribution in [-0.4, -0.2) is 36.0 Å². The smallest absolute Gasteiger partial charge is 0.302 e. The van der Waals surface area contributed by atoms with E-state index in [9.17, 15) is 4.79 Å². The van der Waals surface area contributed by atoms with Crippen LogP contribution in [0.25, 0.3) is 0 Å². The molecule has 1 aliphatic heterocycles. The number of carbonyl (C=O) groups excluding carboxylic acids is 1. The van der Waals surface area contributed by atoms with Gasteiger partial charge in [-0.2, -0.15) is 0 Å². The van der Waals surface area contributed by atoms with Gasteiger partial charge in [0.2, 0.25) is 0 Å². The molecule has 0 unspecified atom stereocenters. The zero-order valence-corrected chi connectivity index (χ0v) is 9.82. The molecule has 1 N–H and O–H groups in total. The monoisotopic (exact) mass is 216 g/mol. The van der Waals surface area contributed by atoms with Gasteiger partial charge < -0.3 is 14.6 Å². The molecule has 0 aromatic heterocycles. The number of esters is 1. The quantitative estimate of drug-likeness (QED) is 0.703. The van der Waals surface area contributed by atoms with Gasteiger partial charge in [0.1, 0.15) is 6.10 Å². The summed E-state index contributed by atoms with van der Waals surface area (Å²) in [6.07, 6.45) is -0.00495. The topological polar surface area (TPSA) is 55.8 Å². The lowest BCUT2D eigenvalue weighted by Gasteiger charge is -2.30. The molecule has 3 atom stereocenters. The van der Waals surface area contributed by atoms with Crippen LogP contribution in [-0.2, 0) is 14.3 Å². The highest BCUT2D eigenvalue weighted by Crippen LogP contribution is 2.35. The Labute approximate surface area is 90.6 Å². The van der Waals surface area contributed by atoms with Crippen LogP contribution in [0.1, 0.15) is 34.1 Å². The number of aliphatic hydroxyl groups excluding tert-OH is 1. The van der Waals surface area contributed by atoms with Gasteiger partial charge in [-0.15, -0.1) is 0 Å². The summed E-state index contributed by atoms with van der Waals surface area (Å²) in [7, 11) is 0. The lowest BCUT2D eigenvalue weighted by Crippen LogP contribution is -2.37. The Balaban J connectivity index is 2.70. The molecule has 1 fully saturated rings.